The number of ether oxygens (including phenoxy) is 1. The molecule has 6 heteroatoms. The minimum atomic E-state index is -1.10. The third-order valence-electron chi connectivity index (χ3n) is 2.28. The van der Waals surface area contributed by atoms with Crippen LogP contribution in [0.15, 0.2) is 41.0 Å². The van der Waals surface area contributed by atoms with Crippen molar-refractivity contribution < 1.29 is 19.0 Å². The van der Waals surface area contributed by atoms with Crippen molar-refractivity contribution in [3.8, 4) is 5.75 Å². The predicted octanol–water partition coefficient (Wildman–Crippen LogP) is 3.26. The van der Waals surface area contributed by atoms with E-state index in [1.165, 1.54) is 30.5 Å². The summed E-state index contributed by atoms with van der Waals surface area (Å²) in [6.45, 7) is 0.171. The van der Waals surface area contributed by atoms with E-state index in [-0.39, 0.29) is 18.1 Å². The van der Waals surface area contributed by atoms with E-state index in [9.17, 15) is 9.18 Å². The minimum absolute atomic E-state index is 0.0548. The van der Waals surface area contributed by atoms with Gasteiger partial charge in [0.15, 0.2) is 0 Å². The van der Waals surface area contributed by atoms with Gasteiger partial charge in [-0.1, -0.05) is 15.9 Å². The summed E-state index contributed by atoms with van der Waals surface area (Å²) in [5.41, 5.74) is 0.607. The Kier molecular flexibility index (Phi) is 4.11. The van der Waals surface area contributed by atoms with E-state index >= 15 is 0 Å². The summed E-state index contributed by atoms with van der Waals surface area (Å²) in [7, 11) is 0. The van der Waals surface area contributed by atoms with Gasteiger partial charge in [0.1, 0.15) is 23.9 Å². The highest BCUT2D eigenvalue weighted by Gasteiger charge is 2.05. The zero-order valence-electron chi connectivity index (χ0n) is 9.64. The van der Waals surface area contributed by atoms with Gasteiger partial charge in [-0.3, -0.25) is 0 Å². The monoisotopic (exact) mass is 325 g/mol. The summed E-state index contributed by atoms with van der Waals surface area (Å²) >= 11 is 3.19. The lowest BCUT2D eigenvalue weighted by atomic mass is 10.2. The topological polar surface area (TPSA) is 59.4 Å². The van der Waals surface area contributed by atoms with E-state index in [1.54, 1.807) is 6.07 Å². The van der Waals surface area contributed by atoms with E-state index in [4.69, 9.17) is 9.84 Å². The molecule has 0 atom stereocenters. The Morgan fingerprint density at radius 3 is 2.74 bits per heavy atom. The molecule has 2 rings (SSSR count). The van der Waals surface area contributed by atoms with Crippen molar-refractivity contribution in [1.29, 1.82) is 0 Å². The number of hydrogen-bond acceptors (Lipinski definition) is 3. The van der Waals surface area contributed by atoms with Gasteiger partial charge >= 0.3 is 5.97 Å². The zero-order valence-corrected chi connectivity index (χ0v) is 11.2. The van der Waals surface area contributed by atoms with Crippen molar-refractivity contribution in [1.82, 2.24) is 4.98 Å². The molecule has 0 unspecified atom stereocenters. The van der Waals surface area contributed by atoms with Crippen LogP contribution in [0.3, 0.4) is 0 Å². The number of carboxylic acid groups (broad SMARTS) is 1. The van der Waals surface area contributed by atoms with E-state index in [1.807, 2.05) is 0 Å². The Hall–Kier alpha value is -1.95. The average Bonchev–Trinajstić information content (AvgIpc) is 2.36. The lowest BCUT2D eigenvalue weighted by Gasteiger charge is -2.06. The molecule has 1 heterocycles. The molecule has 19 heavy (non-hydrogen) atoms. The second-order valence-electron chi connectivity index (χ2n) is 3.75. The Morgan fingerprint density at radius 2 is 2.16 bits per heavy atom. The fourth-order valence-corrected chi connectivity index (χ4v) is 1.97. The van der Waals surface area contributed by atoms with E-state index < -0.39 is 5.97 Å². The Balaban J connectivity index is 2.03. The van der Waals surface area contributed by atoms with E-state index in [0.717, 1.165) is 0 Å². The molecule has 0 radical (unpaired) electrons. The van der Waals surface area contributed by atoms with Gasteiger partial charge in [0, 0.05) is 4.47 Å². The Labute approximate surface area is 117 Å². The molecule has 0 bridgehead atoms. The molecule has 0 amide bonds. The van der Waals surface area contributed by atoms with Crippen LogP contribution >= 0.6 is 15.9 Å². The van der Waals surface area contributed by atoms with Crippen molar-refractivity contribution >= 4 is 21.9 Å². The van der Waals surface area contributed by atoms with Crippen molar-refractivity contribution in [2.24, 2.45) is 0 Å². The molecule has 98 valence electrons. The summed E-state index contributed by atoms with van der Waals surface area (Å²) in [6, 6.07) is 7.31. The number of hydrogen-bond donors (Lipinski definition) is 1. The molecule has 0 spiro atoms. The molecule has 1 N–H and O–H groups in total. The molecule has 1 aromatic carbocycles. The predicted molar refractivity (Wildman–Crippen MR) is 69.6 cm³/mol. The first-order valence-corrected chi connectivity index (χ1v) is 6.11. The van der Waals surface area contributed by atoms with Crippen molar-refractivity contribution in [3.05, 3.63) is 58.1 Å². The lowest BCUT2D eigenvalue weighted by Crippen LogP contribution is -2.01. The van der Waals surface area contributed by atoms with Crippen LogP contribution in [-0.4, -0.2) is 16.1 Å². The standard InChI is InChI=1S/C13H9BrFNO3/c14-9-3-8(4-10(15)5-9)7-19-11-1-2-12(13(17)18)16-6-11/h1-6H,7H2,(H,17,18). The second kappa shape index (κ2) is 5.79. The van der Waals surface area contributed by atoms with Crippen LogP contribution in [0.2, 0.25) is 0 Å². The first-order valence-electron chi connectivity index (χ1n) is 5.32. The van der Waals surface area contributed by atoms with Gasteiger partial charge in [-0.05, 0) is 35.9 Å². The van der Waals surface area contributed by atoms with E-state index in [2.05, 4.69) is 20.9 Å². The molecular weight excluding hydrogens is 317 g/mol. The molecule has 0 aliphatic rings. The average molecular weight is 326 g/mol. The van der Waals surface area contributed by atoms with Gasteiger partial charge in [0.05, 0.1) is 6.20 Å². The molecule has 0 saturated heterocycles. The number of carboxylic acids is 1. The molecular formula is C13H9BrFNO3. The zero-order chi connectivity index (χ0) is 13.8. The quantitative estimate of drug-likeness (QED) is 0.937. The SMILES string of the molecule is O=C(O)c1ccc(OCc2cc(F)cc(Br)c2)cn1. The van der Waals surface area contributed by atoms with Gasteiger partial charge in [-0.2, -0.15) is 0 Å². The number of carbonyl (C=O) groups is 1. The Morgan fingerprint density at radius 1 is 1.37 bits per heavy atom. The van der Waals surface area contributed by atoms with Gasteiger partial charge in [0.2, 0.25) is 0 Å². The van der Waals surface area contributed by atoms with Crippen LogP contribution in [0.1, 0.15) is 16.1 Å². The van der Waals surface area contributed by atoms with Gasteiger partial charge in [-0.15, -0.1) is 0 Å². The van der Waals surface area contributed by atoms with Gasteiger partial charge in [0.25, 0.3) is 0 Å². The maximum Gasteiger partial charge on any atom is 0.354 e. The second-order valence-corrected chi connectivity index (χ2v) is 4.67. The van der Waals surface area contributed by atoms with Crippen molar-refractivity contribution in [2.45, 2.75) is 6.61 Å². The van der Waals surface area contributed by atoms with Crippen LogP contribution in [0.4, 0.5) is 4.39 Å². The highest BCUT2D eigenvalue weighted by Crippen LogP contribution is 2.17. The van der Waals surface area contributed by atoms with Crippen LogP contribution in [0, 0.1) is 5.82 Å². The number of halogens is 2. The van der Waals surface area contributed by atoms with Crippen LogP contribution in [0.25, 0.3) is 0 Å². The third-order valence-corrected chi connectivity index (χ3v) is 2.74. The van der Waals surface area contributed by atoms with Crippen molar-refractivity contribution in [3.63, 3.8) is 0 Å². The Bertz CT molecular complexity index is 581. The molecule has 1 aromatic heterocycles. The van der Waals surface area contributed by atoms with Crippen LogP contribution in [0.5, 0.6) is 5.75 Å². The van der Waals surface area contributed by atoms with Crippen LogP contribution in [-0.2, 0) is 6.61 Å². The van der Waals surface area contributed by atoms with E-state index in [0.29, 0.717) is 15.8 Å². The number of aromatic nitrogens is 1. The number of benzene rings is 1. The number of aromatic carboxylic acids is 1. The van der Waals surface area contributed by atoms with Crippen LogP contribution < -0.4 is 4.74 Å². The summed E-state index contributed by atoms with van der Waals surface area (Å²) < 4.78 is 19.2. The summed E-state index contributed by atoms with van der Waals surface area (Å²) in [5.74, 6) is -1.03. The molecule has 0 aliphatic carbocycles. The minimum Gasteiger partial charge on any atom is -0.487 e. The summed E-state index contributed by atoms with van der Waals surface area (Å²) in [4.78, 5) is 14.3. The number of pyridine rings is 1. The first-order chi connectivity index (χ1) is 9.04. The smallest absolute Gasteiger partial charge is 0.354 e. The number of rotatable bonds is 4. The lowest BCUT2D eigenvalue weighted by molar-refractivity contribution is 0.0690. The largest absolute Gasteiger partial charge is 0.487 e. The highest BCUT2D eigenvalue weighted by molar-refractivity contribution is 9.10. The fraction of sp³-hybridized carbons (Fsp3) is 0.0769. The van der Waals surface area contributed by atoms with Gasteiger partial charge < -0.3 is 9.84 Å². The molecule has 0 aliphatic heterocycles. The maximum atomic E-state index is 13.1. The first kappa shape index (κ1) is 13.5. The molecule has 2 aromatic rings. The summed E-state index contributed by atoms with van der Waals surface area (Å²) in [5, 5.41) is 8.69. The summed E-state index contributed by atoms with van der Waals surface area (Å²) in [6.07, 6.45) is 1.32. The maximum absolute atomic E-state index is 13.1. The fourth-order valence-electron chi connectivity index (χ4n) is 1.45. The normalized spacial score (nSPS) is 10.2. The highest BCUT2D eigenvalue weighted by atomic mass is 79.9. The molecule has 0 fully saturated rings. The third kappa shape index (κ3) is 3.75. The number of nitrogens with zero attached hydrogens (tertiary/aromatic N) is 1. The molecule has 0 saturated carbocycles. The molecule has 4 nitrogen and oxygen atoms in total. The van der Waals surface area contributed by atoms with Gasteiger partial charge in [-0.25, -0.2) is 14.2 Å². The van der Waals surface area contributed by atoms with Crippen molar-refractivity contribution in [2.75, 3.05) is 0 Å².